The van der Waals surface area contributed by atoms with Crippen molar-refractivity contribution in [2.45, 2.75) is 39.2 Å². The van der Waals surface area contributed by atoms with E-state index < -0.39 is 0 Å². The summed E-state index contributed by atoms with van der Waals surface area (Å²) in [7, 11) is 5.39. The molecular weight excluding hydrogens is 440 g/mol. The van der Waals surface area contributed by atoms with Crippen LogP contribution in [0.1, 0.15) is 47.7 Å². The lowest BCUT2D eigenvalue weighted by Gasteiger charge is -2.36. The number of carbonyl (C=O) groups excluding carboxylic acids is 1. The van der Waals surface area contributed by atoms with Gasteiger partial charge in [-0.05, 0) is 87.8 Å². The molecule has 1 saturated heterocycles. The molecule has 0 unspecified atom stereocenters. The summed E-state index contributed by atoms with van der Waals surface area (Å²) in [4.78, 5) is 21.4. The van der Waals surface area contributed by atoms with Crippen molar-refractivity contribution in [1.82, 2.24) is 10.2 Å². The summed E-state index contributed by atoms with van der Waals surface area (Å²) in [6.07, 6.45) is 12.1. The molecular formula is C28H44N4O3. The predicted octanol–water partition coefficient (Wildman–Crippen LogP) is 3.97. The maximum absolute atomic E-state index is 12.0. The molecule has 2 aliphatic heterocycles. The van der Waals surface area contributed by atoms with Crippen molar-refractivity contribution in [1.29, 1.82) is 0 Å². The molecule has 1 aromatic rings. The van der Waals surface area contributed by atoms with Gasteiger partial charge >= 0.3 is 0 Å². The number of hydrogen-bond acceptors (Lipinski definition) is 7. The highest BCUT2D eigenvalue weighted by molar-refractivity contribution is 6.11. The molecule has 7 nitrogen and oxygen atoms in total. The van der Waals surface area contributed by atoms with Crippen LogP contribution < -0.4 is 10.2 Å². The minimum atomic E-state index is 0.436. The Hall–Kier alpha value is -2.48. The number of nitrogens with zero attached hydrogens (tertiary/aromatic N) is 3. The standard InChI is InChI=1S/C26H38N4O2.C2H6O/c1-4-30(25-8-15-32-16-9-25)26-18-23(17-24(20-31)21(26)2)22-7-5-10-27-12-14-29(3)13-6-11-28-19-22;1-3-2/h5,7,10,17-20,25,27H,4,6,8-9,11-16H2,1-3H3;1-2H3/b10-5+,22-7+,28-19?;. The summed E-state index contributed by atoms with van der Waals surface area (Å²) in [6, 6.07) is 4.66. The van der Waals surface area contributed by atoms with Crippen molar-refractivity contribution >= 4 is 23.8 Å². The number of likely N-dealkylation sites (N-methyl/N-ethyl adjacent to an activating group) is 1. The third-order valence-corrected chi connectivity index (χ3v) is 6.35. The summed E-state index contributed by atoms with van der Waals surface area (Å²) in [6.45, 7) is 10.5. The van der Waals surface area contributed by atoms with Crippen LogP contribution in [0.5, 0.6) is 0 Å². The quantitative estimate of drug-likeness (QED) is 0.638. The van der Waals surface area contributed by atoms with Crippen LogP contribution in [0.4, 0.5) is 5.69 Å². The minimum Gasteiger partial charge on any atom is -0.390 e. The Kier molecular flexibility index (Phi) is 13.3. The Morgan fingerprint density at radius 2 is 2.00 bits per heavy atom. The molecule has 0 bridgehead atoms. The normalized spacial score (nSPS) is 20.5. The van der Waals surface area contributed by atoms with Crippen LogP contribution in [-0.4, -0.2) is 90.6 Å². The molecule has 0 aliphatic carbocycles. The molecule has 0 aromatic heterocycles. The van der Waals surface area contributed by atoms with Crippen LogP contribution in [0.2, 0.25) is 0 Å². The summed E-state index contributed by atoms with van der Waals surface area (Å²) in [5, 5.41) is 3.35. The molecule has 0 atom stereocenters. The van der Waals surface area contributed by atoms with E-state index in [1.54, 1.807) is 14.2 Å². The summed E-state index contributed by atoms with van der Waals surface area (Å²) < 4.78 is 9.83. The van der Waals surface area contributed by atoms with E-state index in [1.807, 2.05) is 24.6 Å². The zero-order valence-corrected chi connectivity index (χ0v) is 22.3. The number of anilines is 1. The SMILES string of the molecule is CCN(c1cc(/C2=C/C=C/NCCN(C)CCCN=C2)cc(C=O)c1C)C1CCOCC1.COC. The Morgan fingerprint density at radius 1 is 1.26 bits per heavy atom. The summed E-state index contributed by atoms with van der Waals surface area (Å²) in [5.74, 6) is 0. The number of aliphatic imine (C=N–C) groups is 1. The van der Waals surface area contributed by atoms with E-state index in [1.165, 1.54) is 0 Å². The Labute approximate surface area is 211 Å². The van der Waals surface area contributed by atoms with Gasteiger partial charge in [-0.2, -0.15) is 0 Å². The van der Waals surface area contributed by atoms with Gasteiger partial charge in [-0.25, -0.2) is 0 Å². The van der Waals surface area contributed by atoms with Crippen molar-refractivity contribution in [3.8, 4) is 0 Å². The highest BCUT2D eigenvalue weighted by atomic mass is 16.5. The van der Waals surface area contributed by atoms with Crippen molar-refractivity contribution in [2.24, 2.45) is 4.99 Å². The van der Waals surface area contributed by atoms with Gasteiger partial charge in [0.1, 0.15) is 6.29 Å². The van der Waals surface area contributed by atoms with Crippen LogP contribution in [-0.2, 0) is 9.47 Å². The van der Waals surface area contributed by atoms with Gasteiger partial charge in [0.05, 0.1) is 0 Å². The molecule has 2 heterocycles. The van der Waals surface area contributed by atoms with Gasteiger partial charge in [0.2, 0.25) is 0 Å². The largest absolute Gasteiger partial charge is 0.390 e. The second kappa shape index (κ2) is 16.2. The number of ether oxygens (including phenoxy) is 2. The van der Waals surface area contributed by atoms with Gasteiger partial charge < -0.3 is 24.6 Å². The number of hydrogen-bond donors (Lipinski definition) is 1. The zero-order valence-electron chi connectivity index (χ0n) is 22.3. The van der Waals surface area contributed by atoms with Crippen LogP contribution in [0.3, 0.4) is 0 Å². The van der Waals surface area contributed by atoms with E-state index in [2.05, 4.69) is 52.9 Å². The van der Waals surface area contributed by atoms with Gasteiger partial charge in [0, 0.05) is 77.1 Å². The molecule has 0 amide bonds. The highest BCUT2D eigenvalue weighted by Gasteiger charge is 2.23. The fourth-order valence-electron chi connectivity index (χ4n) is 4.41. The third-order valence-electron chi connectivity index (χ3n) is 6.35. The Bertz CT molecular complexity index is 860. The van der Waals surface area contributed by atoms with Gasteiger partial charge in [-0.3, -0.25) is 9.79 Å². The van der Waals surface area contributed by atoms with Gasteiger partial charge in [-0.1, -0.05) is 6.08 Å². The summed E-state index contributed by atoms with van der Waals surface area (Å²) in [5.41, 5.74) is 4.96. The van der Waals surface area contributed by atoms with Crippen molar-refractivity contribution in [2.75, 3.05) is 72.1 Å². The van der Waals surface area contributed by atoms with E-state index in [-0.39, 0.29) is 0 Å². The Balaban J connectivity index is 0.00000137. The van der Waals surface area contributed by atoms with Crippen molar-refractivity contribution in [3.63, 3.8) is 0 Å². The number of aldehydes is 1. The number of rotatable bonds is 5. The minimum absolute atomic E-state index is 0.436. The highest BCUT2D eigenvalue weighted by Crippen LogP contribution is 2.31. The monoisotopic (exact) mass is 484 g/mol. The number of allylic oxidation sites excluding steroid dienone is 3. The average molecular weight is 485 g/mol. The number of methoxy groups -OCH3 is 1. The maximum atomic E-state index is 12.0. The number of carbonyl (C=O) groups is 1. The first-order chi connectivity index (χ1) is 17.0. The Morgan fingerprint density at radius 3 is 2.69 bits per heavy atom. The van der Waals surface area contributed by atoms with E-state index in [0.717, 1.165) is 99.4 Å². The second-order valence-corrected chi connectivity index (χ2v) is 8.99. The molecule has 3 rings (SSSR count). The first kappa shape index (κ1) is 28.8. The zero-order chi connectivity index (χ0) is 25.5. The maximum Gasteiger partial charge on any atom is 0.150 e. The fourth-order valence-corrected chi connectivity index (χ4v) is 4.41. The second-order valence-electron chi connectivity index (χ2n) is 8.99. The molecule has 2 aliphatic rings. The smallest absolute Gasteiger partial charge is 0.150 e. The lowest BCUT2D eigenvalue weighted by atomic mass is 9.96. The van der Waals surface area contributed by atoms with Crippen LogP contribution in [0, 0.1) is 6.92 Å². The molecule has 0 saturated carbocycles. The molecule has 35 heavy (non-hydrogen) atoms. The lowest BCUT2D eigenvalue weighted by Crippen LogP contribution is -2.40. The number of nitrogens with one attached hydrogen (secondary N) is 1. The molecule has 194 valence electrons. The average Bonchev–Trinajstić information content (AvgIpc) is 2.89. The molecule has 1 aromatic carbocycles. The topological polar surface area (TPSA) is 66.4 Å². The van der Waals surface area contributed by atoms with Crippen molar-refractivity contribution in [3.05, 3.63) is 47.2 Å². The van der Waals surface area contributed by atoms with E-state index >= 15 is 0 Å². The molecule has 0 spiro atoms. The summed E-state index contributed by atoms with van der Waals surface area (Å²) >= 11 is 0. The van der Waals surface area contributed by atoms with E-state index in [9.17, 15) is 4.79 Å². The van der Waals surface area contributed by atoms with E-state index in [0.29, 0.717) is 6.04 Å². The van der Waals surface area contributed by atoms with Gasteiger partial charge in [0.25, 0.3) is 0 Å². The third kappa shape index (κ3) is 9.24. The van der Waals surface area contributed by atoms with Gasteiger partial charge in [-0.15, -0.1) is 0 Å². The first-order valence-corrected chi connectivity index (χ1v) is 12.7. The molecule has 0 radical (unpaired) electrons. The van der Waals surface area contributed by atoms with Crippen LogP contribution in [0.15, 0.2) is 35.5 Å². The fraction of sp³-hybridized carbons (Fsp3) is 0.571. The number of benzene rings is 1. The lowest BCUT2D eigenvalue weighted by molar-refractivity contribution is 0.0846. The molecule has 7 heteroatoms. The molecule has 1 fully saturated rings. The molecule has 1 N–H and O–H groups in total. The van der Waals surface area contributed by atoms with Crippen LogP contribution in [0.25, 0.3) is 5.57 Å². The first-order valence-electron chi connectivity index (χ1n) is 12.7. The van der Waals surface area contributed by atoms with Crippen LogP contribution >= 0.6 is 0 Å². The van der Waals surface area contributed by atoms with Gasteiger partial charge in [0.15, 0.2) is 0 Å². The predicted molar refractivity (Wildman–Crippen MR) is 147 cm³/mol. The van der Waals surface area contributed by atoms with E-state index in [4.69, 9.17) is 9.73 Å². The van der Waals surface area contributed by atoms with Crippen molar-refractivity contribution < 1.29 is 14.3 Å².